The van der Waals surface area contributed by atoms with Gasteiger partial charge in [-0.15, -0.1) is 0 Å². The molecule has 1 aromatic heterocycles. The quantitative estimate of drug-likeness (QED) is 0.222. The lowest BCUT2D eigenvalue weighted by Gasteiger charge is -2.15. The summed E-state index contributed by atoms with van der Waals surface area (Å²) in [6.07, 6.45) is -4.57. The first-order valence-electron chi connectivity index (χ1n) is 9.79. The van der Waals surface area contributed by atoms with Crippen LogP contribution in [0.3, 0.4) is 0 Å². The van der Waals surface area contributed by atoms with Crippen LogP contribution in [0.25, 0.3) is 0 Å². The number of H-pyrrole nitrogens is 1. The Balaban J connectivity index is 1.96. The summed E-state index contributed by atoms with van der Waals surface area (Å²) in [6, 6.07) is 6.78. The first-order valence-corrected chi connectivity index (χ1v) is 10.2. The summed E-state index contributed by atoms with van der Waals surface area (Å²) >= 11 is 6.01. The number of carbonyl (C=O) groups excluding carboxylic acids is 1. The molecule has 0 aliphatic rings. The number of alkyl halides is 3. The molecular formula is C22H19ClF5N5O. The molecule has 0 bridgehead atoms. The smallest absolute Gasteiger partial charge is 0.324 e. The molecule has 0 saturated carbocycles. The Morgan fingerprint density at radius 2 is 1.68 bits per heavy atom. The summed E-state index contributed by atoms with van der Waals surface area (Å²) in [5, 5.41) is 11.6. The van der Waals surface area contributed by atoms with Crippen molar-refractivity contribution in [3.63, 3.8) is 0 Å². The van der Waals surface area contributed by atoms with Crippen molar-refractivity contribution in [2.75, 3.05) is 10.6 Å². The lowest BCUT2D eigenvalue weighted by Crippen LogP contribution is -2.25. The lowest BCUT2D eigenvalue weighted by atomic mass is 9.92. The van der Waals surface area contributed by atoms with Crippen molar-refractivity contribution in [3.8, 4) is 0 Å². The lowest BCUT2D eigenvalue weighted by molar-refractivity contribution is -0.137. The molecule has 1 heterocycles. The second-order valence-electron chi connectivity index (χ2n) is 8.23. The SMILES string of the molecule is CC(C)(C)c1n[nH]c(N/C(=N\C(=O)c2ccc(C(F)(F)F)cc2)Nc2ccc(F)cc2Cl)c1F. The standard InChI is InChI=1S/C22H19ClF5N5O/c1-21(2,3)17-16(25)18(33-32-17)30-20(29-15-9-8-13(24)10-14(15)23)31-19(34)11-4-6-12(7-5-11)22(26,27)28/h4-10H,1-3H3,(H3,29,30,31,32,33,34). The third-order valence-corrected chi connectivity index (χ3v) is 4.83. The Morgan fingerprint density at radius 3 is 2.21 bits per heavy atom. The maximum Gasteiger partial charge on any atom is 0.416 e. The maximum atomic E-state index is 14.9. The van der Waals surface area contributed by atoms with E-state index in [4.69, 9.17) is 11.6 Å². The molecule has 1 amide bonds. The molecule has 180 valence electrons. The molecule has 0 spiro atoms. The second-order valence-corrected chi connectivity index (χ2v) is 8.63. The Morgan fingerprint density at radius 1 is 1.03 bits per heavy atom. The fourth-order valence-electron chi connectivity index (χ4n) is 2.80. The van der Waals surface area contributed by atoms with E-state index in [0.29, 0.717) is 0 Å². The monoisotopic (exact) mass is 499 g/mol. The van der Waals surface area contributed by atoms with Crippen molar-refractivity contribution in [3.05, 3.63) is 75.9 Å². The third-order valence-electron chi connectivity index (χ3n) is 4.52. The van der Waals surface area contributed by atoms with Crippen LogP contribution >= 0.6 is 11.6 Å². The molecule has 3 aromatic rings. The number of aromatic nitrogens is 2. The maximum absolute atomic E-state index is 14.9. The fourth-order valence-corrected chi connectivity index (χ4v) is 3.01. The Bertz CT molecular complexity index is 1230. The molecule has 0 radical (unpaired) electrons. The third kappa shape index (κ3) is 5.90. The average molecular weight is 500 g/mol. The minimum Gasteiger partial charge on any atom is -0.324 e. The highest BCUT2D eigenvalue weighted by molar-refractivity contribution is 6.34. The first kappa shape index (κ1) is 25.2. The van der Waals surface area contributed by atoms with Crippen molar-refractivity contribution in [1.29, 1.82) is 0 Å². The minimum absolute atomic E-state index is 0.0584. The summed E-state index contributed by atoms with van der Waals surface area (Å²) in [6.45, 7) is 5.24. The number of aliphatic imine (C=N–C) groups is 1. The van der Waals surface area contributed by atoms with Gasteiger partial charge in [0.25, 0.3) is 5.91 Å². The van der Waals surface area contributed by atoms with Gasteiger partial charge in [0.15, 0.2) is 11.6 Å². The zero-order valence-corrected chi connectivity index (χ0v) is 18.9. The van der Waals surface area contributed by atoms with Crippen LogP contribution in [0.4, 0.5) is 33.5 Å². The number of hydrogen-bond donors (Lipinski definition) is 3. The molecule has 0 atom stereocenters. The van der Waals surface area contributed by atoms with Crippen LogP contribution in [-0.4, -0.2) is 22.1 Å². The molecule has 0 aliphatic heterocycles. The number of carbonyl (C=O) groups is 1. The molecule has 12 heteroatoms. The summed E-state index contributed by atoms with van der Waals surface area (Å²) < 4.78 is 66.6. The van der Waals surface area contributed by atoms with Crippen molar-refractivity contribution in [2.45, 2.75) is 32.4 Å². The summed E-state index contributed by atoms with van der Waals surface area (Å²) in [5.41, 5.74) is -1.48. The molecule has 3 rings (SSSR count). The van der Waals surface area contributed by atoms with Gasteiger partial charge in [-0.3, -0.25) is 9.89 Å². The molecule has 0 aliphatic carbocycles. The van der Waals surface area contributed by atoms with Gasteiger partial charge in [-0.1, -0.05) is 32.4 Å². The number of amides is 1. The van der Waals surface area contributed by atoms with Crippen LogP contribution in [-0.2, 0) is 11.6 Å². The molecule has 0 saturated heterocycles. The average Bonchev–Trinajstić information content (AvgIpc) is 3.10. The van der Waals surface area contributed by atoms with Crippen LogP contribution in [0.2, 0.25) is 5.02 Å². The van der Waals surface area contributed by atoms with Gasteiger partial charge in [0, 0.05) is 11.0 Å². The molecule has 0 unspecified atom stereocenters. The van der Waals surface area contributed by atoms with E-state index in [2.05, 4.69) is 25.8 Å². The van der Waals surface area contributed by atoms with Gasteiger partial charge in [-0.05, 0) is 42.5 Å². The molecule has 2 aromatic carbocycles. The van der Waals surface area contributed by atoms with E-state index in [1.165, 1.54) is 6.07 Å². The van der Waals surface area contributed by atoms with Gasteiger partial charge >= 0.3 is 6.18 Å². The van der Waals surface area contributed by atoms with E-state index in [9.17, 15) is 26.7 Å². The van der Waals surface area contributed by atoms with E-state index in [1.807, 2.05) is 0 Å². The number of rotatable bonds is 3. The molecule has 0 fully saturated rings. The first-order chi connectivity index (χ1) is 15.8. The van der Waals surface area contributed by atoms with Crippen LogP contribution in [0.1, 0.15) is 42.4 Å². The molecule has 34 heavy (non-hydrogen) atoms. The number of nitrogens with zero attached hydrogens (tertiary/aromatic N) is 2. The number of benzene rings is 2. The van der Waals surface area contributed by atoms with Crippen LogP contribution in [0, 0.1) is 11.6 Å². The highest BCUT2D eigenvalue weighted by atomic mass is 35.5. The zero-order valence-electron chi connectivity index (χ0n) is 18.1. The Hall–Kier alpha value is -3.47. The molecular weight excluding hydrogens is 481 g/mol. The highest BCUT2D eigenvalue weighted by Gasteiger charge is 2.30. The van der Waals surface area contributed by atoms with Gasteiger partial charge in [0.05, 0.1) is 16.3 Å². The summed E-state index contributed by atoms with van der Waals surface area (Å²) in [5.74, 6) is -2.83. The number of anilines is 2. The zero-order chi connectivity index (χ0) is 25.3. The number of halogens is 6. The van der Waals surface area contributed by atoms with Crippen molar-refractivity contribution >= 4 is 35.0 Å². The van der Waals surface area contributed by atoms with Gasteiger partial charge in [-0.25, -0.2) is 8.78 Å². The van der Waals surface area contributed by atoms with E-state index >= 15 is 0 Å². The van der Waals surface area contributed by atoms with Crippen molar-refractivity contribution in [1.82, 2.24) is 10.2 Å². The van der Waals surface area contributed by atoms with Crippen LogP contribution in [0.5, 0.6) is 0 Å². The van der Waals surface area contributed by atoms with E-state index in [1.54, 1.807) is 20.8 Å². The van der Waals surface area contributed by atoms with E-state index < -0.39 is 34.7 Å². The normalized spacial score (nSPS) is 12.6. The van der Waals surface area contributed by atoms with Gasteiger partial charge in [0.2, 0.25) is 5.96 Å². The van der Waals surface area contributed by atoms with Gasteiger partial charge < -0.3 is 10.6 Å². The molecule has 6 nitrogen and oxygen atoms in total. The molecule has 3 N–H and O–H groups in total. The fraction of sp³-hybridized carbons (Fsp3) is 0.227. The van der Waals surface area contributed by atoms with Gasteiger partial charge in [0.1, 0.15) is 11.5 Å². The van der Waals surface area contributed by atoms with Crippen LogP contribution < -0.4 is 10.6 Å². The summed E-state index contributed by atoms with van der Waals surface area (Å²) in [4.78, 5) is 16.4. The van der Waals surface area contributed by atoms with E-state index in [-0.39, 0.29) is 33.7 Å². The van der Waals surface area contributed by atoms with E-state index in [0.717, 1.165) is 36.4 Å². The Labute approximate surface area is 196 Å². The second kappa shape index (κ2) is 9.41. The number of aromatic amines is 1. The summed E-state index contributed by atoms with van der Waals surface area (Å²) in [7, 11) is 0. The minimum atomic E-state index is -4.57. The van der Waals surface area contributed by atoms with Gasteiger partial charge in [-0.2, -0.15) is 23.3 Å². The predicted molar refractivity (Wildman–Crippen MR) is 119 cm³/mol. The Kier molecular flexibility index (Phi) is 6.97. The highest BCUT2D eigenvalue weighted by Crippen LogP contribution is 2.30. The van der Waals surface area contributed by atoms with Crippen LogP contribution in [0.15, 0.2) is 47.5 Å². The number of nitrogens with one attached hydrogen (secondary N) is 3. The van der Waals surface area contributed by atoms with Crippen molar-refractivity contribution < 1.29 is 26.7 Å². The topological polar surface area (TPSA) is 82.2 Å². The largest absolute Gasteiger partial charge is 0.416 e. The number of hydrogen-bond acceptors (Lipinski definition) is 2. The number of guanidine groups is 1. The predicted octanol–water partition coefficient (Wildman–Crippen LogP) is 6.38. The van der Waals surface area contributed by atoms with Crippen molar-refractivity contribution in [2.24, 2.45) is 4.99 Å².